The van der Waals surface area contributed by atoms with Crippen molar-refractivity contribution in [3.05, 3.63) is 45.9 Å². The van der Waals surface area contributed by atoms with E-state index >= 15 is 0 Å². The number of nitrogen functional groups attached to an aromatic ring is 1. The third-order valence-electron chi connectivity index (χ3n) is 2.52. The molecule has 0 saturated carbocycles. The van der Waals surface area contributed by atoms with Crippen LogP contribution >= 0.6 is 27.5 Å². The smallest absolute Gasteiger partial charge is 0.175 e. The van der Waals surface area contributed by atoms with Crippen molar-refractivity contribution < 1.29 is 13.2 Å². The van der Waals surface area contributed by atoms with Crippen molar-refractivity contribution >= 4 is 43.1 Å². The molecule has 2 N–H and O–H groups in total. The lowest BCUT2D eigenvalue weighted by molar-refractivity contribution is 0.484. The van der Waals surface area contributed by atoms with Gasteiger partial charge in [-0.1, -0.05) is 27.5 Å². The molecule has 2 aromatic rings. The maximum absolute atomic E-state index is 11.4. The average molecular weight is 377 g/mol. The van der Waals surface area contributed by atoms with Crippen molar-refractivity contribution in [2.75, 3.05) is 12.0 Å². The molecule has 0 saturated heterocycles. The Morgan fingerprint density at radius 2 is 1.85 bits per heavy atom. The SMILES string of the molecule is CS(=O)(=O)c1ccc(Oc2cc(Br)ccc2Cl)c(N)c1. The van der Waals surface area contributed by atoms with E-state index in [2.05, 4.69) is 15.9 Å². The van der Waals surface area contributed by atoms with Crippen LogP contribution in [0.25, 0.3) is 0 Å². The van der Waals surface area contributed by atoms with Crippen LogP contribution in [-0.4, -0.2) is 14.7 Å². The van der Waals surface area contributed by atoms with Crippen LogP contribution < -0.4 is 10.5 Å². The third kappa shape index (κ3) is 3.45. The minimum absolute atomic E-state index is 0.141. The zero-order valence-electron chi connectivity index (χ0n) is 10.4. The first-order valence-corrected chi connectivity index (χ1v) is 8.56. The van der Waals surface area contributed by atoms with Gasteiger partial charge < -0.3 is 10.5 Å². The second-order valence-corrected chi connectivity index (χ2v) is 7.49. The van der Waals surface area contributed by atoms with Crippen LogP contribution in [0.2, 0.25) is 5.02 Å². The first-order chi connectivity index (χ1) is 9.27. The molecule has 0 aliphatic carbocycles. The predicted molar refractivity (Wildman–Crippen MR) is 83.2 cm³/mol. The van der Waals surface area contributed by atoms with Gasteiger partial charge in [0.05, 0.1) is 15.6 Å². The molecule has 106 valence electrons. The maximum Gasteiger partial charge on any atom is 0.175 e. The topological polar surface area (TPSA) is 69.4 Å². The van der Waals surface area contributed by atoms with Crippen LogP contribution in [0.1, 0.15) is 0 Å². The van der Waals surface area contributed by atoms with E-state index in [1.165, 1.54) is 18.2 Å². The molecule has 0 aliphatic heterocycles. The molecule has 0 amide bonds. The van der Waals surface area contributed by atoms with Gasteiger partial charge in [0.25, 0.3) is 0 Å². The Morgan fingerprint density at radius 1 is 1.15 bits per heavy atom. The highest BCUT2D eigenvalue weighted by atomic mass is 79.9. The summed E-state index contributed by atoms with van der Waals surface area (Å²) >= 11 is 9.34. The zero-order valence-corrected chi connectivity index (χ0v) is 13.6. The van der Waals surface area contributed by atoms with E-state index in [1.54, 1.807) is 18.2 Å². The molecule has 0 unspecified atom stereocenters. The van der Waals surface area contributed by atoms with Gasteiger partial charge in [0.15, 0.2) is 9.84 Å². The molecule has 4 nitrogen and oxygen atoms in total. The summed E-state index contributed by atoms with van der Waals surface area (Å²) in [5, 5.41) is 0.430. The summed E-state index contributed by atoms with van der Waals surface area (Å²) in [6.07, 6.45) is 1.12. The van der Waals surface area contributed by atoms with E-state index < -0.39 is 9.84 Å². The Hall–Kier alpha value is -1.24. The molecule has 7 heteroatoms. The largest absolute Gasteiger partial charge is 0.454 e. The fourth-order valence-corrected chi connectivity index (χ4v) is 2.68. The number of hydrogen-bond acceptors (Lipinski definition) is 4. The Labute approximate surface area is 130 Å². The van der Waals surface area contributed by atoms with Gasteiger partial charge in [-0.05, 0) is 36.4 Å². The first-order valence-electron chi connectivity index (χ1n) is 5.50. The number of nitrogens with two attached hydrogens (primary N) is 1. The molecule has 0 aliphatic rings. The lowest BCUT2D eigenvalue weighted by Crippen LogP contribution is -2.00. The molecule has 0 aromatic heterocycles. The second-order valence-electron chi connectivity index (χ2n) is 4.15. The number of benzene rings is 2. The Balaban J connectivity index is 2.38. The molecule has 0 bridgehead atoms. The van der Waals surface area contributed by atoms with Crippen molar-refractivity contribution in [1.82, 2.24) is 0 Å². The van der Waals surface area contributed by atoms with Crippen molar-refractivity contribution in [3.8, 4) is 11.5 Å². The quantitative estimate of drug-likeness (QED) is 0.825. The predicted octanol–water partition coefficient (Wildman–Crippen LogP) is 3.88. The van der Waals surface area contributed by atoms with Gasteiger partial charge in [0.2, 0.25) is 0 Å². The minimum atomic E-state index is -3.30. The highest BCUT2D eigenvalue weighted by Crippen LogP contribution is 2.35. The zero-order chi connectivity index (χ0) is 14.9. The Kier molecular flexibility index (Phi) is 4.27. The fourth-order valence-electron chi connectivity index (χ4n) is 1.52. The molecule has 2 aromatic carbocycles. The van der Waals surface area contributed by atoms with Gasteiger partial charge in [0.1, 0.15) is 11.5 Å². The lowest BCUT2D eigenvalue weighted by atomic mass is 10.3. The summed E-state index contributed by atoms with van der Waals surface area (Å²) in [6, 6.07) is 9.46. The lowest BCUT2D eigenvalue weighted by Gasteiger charge is -2.11. The van der Waals surface area contributed by atoms with Crippen LogP contribution in [0, 0.1) is 0 Å². The van der Waals surface area contributed by atoms with Crippen LogP contribution in [0.15, 0.2) is 45.8 Å². The molecule has 20 heavy (non-hydrogen) atoms. The van der Waals surface area contributed by atoms with Gasteiger partial charge in [0, 0.05) is 10.7 Å². The second kappa shape index (κ2) is 5.63. The van der Waals surface area contributed by atoms with E-state index in [-0.39, 0.29) is 10.6 Å². The standard InChI is InChI=1S/C13H11BrClNO3S/c1-20(17,18)9-3-5-12(11(16)7-9)19-13-6-8(14)2-4-10(13)15/h2-7H,16H2,1H3. The van der Waals surface area contributed by atoms with E-state index in [1.807, 2.05) is 0 Å². The summed E-state index contributed by atoms with van der Waals surface area (Å²) in [4.78, 5) is 0.141. The average Bonchev–Trinajstić information content (AvgIpc) is 2.35. The number of rotatable bonds is 3. The van der Waals surface area contributed by atoms with Crippen molar-refractivity contribution in [2.24, 2.45) is 0 Å². The van der Waals surface area contributed by atoms with E-state index in [0.29, 0.717) is 16.5 Å². The highest BCUT2D eigenvalue weighted by molar-refractivity contribution is 9.10. The van der Waals surface area contributed by atoms with Gasteiger partial charge in [-0.25, -0.2) is 8.42 Å². The van der Waals surface area contributed by atoms with Gasteiger partial charge in [-0.2, -0.15) is 0 Å². The molecule has 0 atom stereocenters. The molecule has 0 spiro atoms. The van der Waals surface area contributed by atoms with Gasteiger partial charge >= 0.3 is 0 Å². The van der Waals surface area contributed by atoms with E-state index in [9.17, 15) is 8.42 Å². The molecule has 0 heterocycles. The minimum Gasteiger partial charge on any atom is -0.454 e. The summed E-state index contributed by atoms with van der Waals surface area (Å²) < 4.78 is 29.3. The summed E-state index contributed by atoms with van der Waals surface area (Å²) in [6.45, 7) is 0. The van der Waals surface area contributed by atoms with Gasteiger partial charge in [-0.15, -0.1) is 0 Å². The number of sulfone groups is 1. The molecule has 0 radical (unpaired) electrons. The number of halogens is 2. The van der Waals surface area contributed by atoms with Gasteiger partial charge in [-0.3, -0.25) is 0 Å². The first kappa shape index (κ1) is 15.2. The number of hydrogen-bond donors (Lipinski definition) is 1. The summed E-state index contributed by atoms with van der Waals surface area (Å²) in [5.74, 6) is 0.775. The number of anilines is 1. The molecular weight excluding hydrogens is 366 g/mol. The highest BCUT2D eigenvalue weighted by Gasteiger charge is 2.12. The van der Waals surface area contributed by atoms with Crippen molar-refractivity contribution in [3.63, 3.8) is 0 Å². The van der Waals surface area contributed by atoms with Crippen LogP contribution in [0.3, 0.4) is 0 Å². The van der Waals surface area contributed by atoms with Crippen molar-refractivity contribution in [1.29, 1.82) is 0 Å². The Morgan fingerprint density at radius 3 is 2.45 bits per heavy atom. The van der Waals surface area contributed by atoms with Crippen LogP contribution in [0.4, 0.5) is 5.69 Å². The molecule has 2 rings (SSSR count). The fraction of sp³-hybridized carbons (Fsp3) is 0.0769. The summed E-state index contributed by atoms with van der Waals surface area (Å²) in [5.41, 5.74) is 6.04. The molecule has 0 fully saturated rings. The summed E-state index contributed by atoms with van der Waals surface area (Å²) in [7, 11) is -3.30. The van der Waals surface area contributed by atoms with Crippen LogP contribution in [0.5, 0.6) is 11.5 Å². The van der Waals surface area contributed by atoms with E-state index in [0.717, 1.165) is 10.7 Å². The number of ether oxygens (including phenoxy) is 1. The normalized spacial score (nSPS) is 11.3. The van der Waals surface area contributed by atoms with Crippen molar-refractivity contribution in [2.45, 2.75) is 4.90 Å². The monoisotopic (exact) mass is 375 g/mol. The van der Waals surface area contributed by atoms with Crippen LogP contribution in [-0.2, 0) is 9.84 Å². The van der Waals surface area contributed by atoms with E-state index in [4.69, 9.17) is 22.1 Å². The maximum atomic E-state index is 11.4. The third-order valence-corrected chi connectivity index (χ3v) is 4.44. The Bertz CT molecular complexity index is 762. The molecular formula is C13H11BrClNO3S.